The molecule has 0 saturated heterocycles. The number of amides is 1. The molecule has 2 aromatic heterocycles. The van der Waals surface area contributed by atoms with Crippen LogP contribution in [-0.2, 0) is 16.1 Å². The first-order valence-electron chi connectivity index (χ1n) is 11.1. The molecule has 1 fully saturated rings. The Kier molecular flexibility index (Phi) is 8.54. The molecular weight excluding hydrogens is 434 g/mol. The molecular formula is C22H31N3O4S2. The fourth-order valence-corrected chi connectivity index (χ4v) is 5.76. The second-order valence-corrected chi connectivity index (χ2v) is 9.98. The van der Waals surface area contributed by atoms with E-state index in [0.717, 1.165) is 32.2 Å². The third-order valence-corrected chi connectivity index (χ3v) is 7.86. The van der Waals surface area contributed by atoms with Crippen LogP contribution in [0.4, 0.5) is 0 Å². The number of hydrogen-bond donors (Lipinski definition) is 1. The summed E-state index contributed by atoms with van der Waals surface area (Å²) in [5.74, 6) is -0.435. The van der Waals surface area contributed by atoms with E-state index in [1.54, 1.807) is 4.57 Å². The largest absolute Gasteiger partial charge is 0.481 e. The summed E-state index contributed by atoms with van der Waals surface area (Å²) >= 11 is 2.72. The number of unbranched alkanes of at least 4 members (excludes halogenated alkanes) is 1. The Labute approximate surface area is 190 Å². The van der Waals surface area contributed by atoms with Crippen molar-refractivity contribution in [3.8, 4) is 0 Å². The van der Waals surface area contributed by atoms with E-state index in [2.05, 4.69) is 6.92 Å². The molecule has 0 unspecified atom stereocenters. The number of rotatable bonds is 10. The van der Waals surface area contributed by atoms with Crippen LogP contribution in [0.3, 0.4) is 0 Å². The average molecular weight is 466 g/mol. The van der Waals surface area contributed by atoms with E-state index in [0.29, 0.717) is 41.3 Å². The monoisotopic (exact) mass is 465 g/mol. The van der Waals surface area contributed by atoms with Crippen LogP contribution < -0.4 is 5.56 Å². The van der Waals surface area contributed by atoms with E-state index in [1.807, 2.05) is 23.3 Å². The summed E-state index contributed by atoms with van der Waals surface area (Å²) in [6.45, 7) is 6.04. The van der Waals surface area contributed by atoms with Gasteiger partial charge in [0.05, 0.1) is 17.2 Å². The number of carboxylic acids is 1. The maximum absolute atomic E-state index is 13.2. The van der Waals surface area contributed by atoms with Crippen molar-refractivity contribution in [2.24, 2.45) is 11.8 Å². The van der Waals surface area contributed by atoms with Crippen molar-refractivity contribution in [3.63, 3.8) is 0 Å². The zero-order valence-corrected chi connectivity index (χ0v) is 19.8. The highest BCUT2D eigenvalue weighted by Crippen LogP contribution is 2.31. The molecule has 1 aliphatic carbocycles. The van der Waals surface area contributed by atoms with Gasteiger partial charge in [-0.25, -0.2) is 4.98 Å². The van der Waals surface area contributed by atoms with Crippen LogP contribution in [0.1, 0.15) is 52.4 Å². The molecule has 2 heterocycles. The van der Waals surface area contributed by atoms with E-state index < -0.39 is 5.97 Å². The summed E-state index contributed by atoms with van der Waals surface area (Å²) in [6, 6.07) is 1.84. The second-order valence-electron chi connectivity index (χ2n) is 8.12. The van der Waals surface area contributed by atoms with Crippen molar-refractivity contribution < 1.29 is 14.7 Å². The van der Waals surface area contributed by atoms with Gasteiger partial charge < -0.3 is 10.0 Å². The van der Waals surface area contributed by atoms with E-state index >= 15 is 0 Å². The average Bonchev–Trinajstić information content (AvgIpc) is 3.24. The van der Waals surface area contributed by atoms with E-state index in [9.17, 15) is 19.5 Å². The summed E-state index contributed by atoms with van der Waals surface area (Å²) in [5.41, 5.74) is 0.614. The number of thiophene rings is 1. The fourth-order valence-electron chi connectivity index (χ4n) is 4.07. The normalized spacial score (nSPS) is 18.9. The molecule has 1 amide bonds. The molecule has 0 aliphatic heterocycles. The first kappa shape index (κ1) is 23.8. The Morgan fingerprint density at radius 2 is 2.03 bits per heavy atom. The highest BCUT2D eigenvalue weighted by atomic mass is 32.2. The quantitative estimate of drug-likeness (QED) is 0.420. The molecule has 0 spiro atoms. The van der Waals surface area contributed by atoms with Crippen LogP contribution in [0.2, 0.25) is 0 Å². The number of nitrogens with zero attached hydrogens (tertiary/aromatic N) is 3. The van der Waals surface area contributed by atoms with Crippen LogP contribution in [0.15, 0.2) is 21.4 Å². The molecule has 9 heteroatoms. The SMILES string of the molecule is CCCCN(CC)C(=O)CSc1nc2ccsc2c(=O)n1CC1CCC(C(=O)O)CC1. The zero-order chi connectivity index (χ0) is 22.4. The molecule has 0 bridgehead atoms. The zero-order valence-electron chi connectivity index (χ0n) is 18.2. The topological polar surface area (TPSA) is 92.5 Å². The number of aliphatic carboxylic acids is 1. The Bertz CT molecular complexity index is 963. The Balaban J connectivity index is 1.76. The lowest BCUT2D eigenvalue weighted by molar-refractivity contribution is -0.143. The summed E-state index contributed by atoms with van der Waals surface area (Å²) < 4.78 is 2.35. The van der Waals surface area contributed by atoms with Crippen LogP contribution in [-0.4, -0.2) is 50.3 Å². The summed E-state index contributed by atoms with van der Waals surface area (Å²) in [7, 11) is 0. The van der Waals surface area contributed by atoms with Crippen LogP contribution in [0, 0.1) is 11.8 Å². The van der Waals surface area contributed by atoms with Crippen molar-refractivity contribution in [1.29, 1.82) is 0 Å². The van der Waals surface area contributed by atoms with Gasteiger partial charge in [-0.15, -0.1) is 11.3 Å². The summed E-state index contributed by atoms with van der Waals surface area (Å²) in [5, 5.41) is 11.7. The Morgan fingerprint density at radius 1 is 1.29 bits per heavy atom. The van der Waals surface area contributed by atoms with Gasteiger partial charge >= 0.3 is 5.97 Å². The standard InChI is InChI=1S/C22H31N3O4S2/c1-3-5-11-24(4-2)18(26)14-31-22-23-17-10-12-30-19(17)20(27)25(22)13-15-6-8-16(9-7-15)21(28)29/h10,12,15-16H,3-9,11,13-14H2,1-2H3,(H,28,29). The molecule has 1 N–H and O–H groups in total. The lowest BCUT2D eigenvalue weighted by Gasteiger charge is -2.27. The highest BCUT2D eigenvalue weighted by molar-refractivity contribution is 7.99. The number of hydrogen-bond acceptors (Lipinski definition) is 6. The van der Waals surface area contributed by atoms with Crippen LogP contribution in [0.25, 0.3) is 10.2 Å². The first-order chi connectivity index (χ1) is 14.9. The van der Waals surface area contributed by atoms with Gasteiger partial charge in [-0.1, -0.05) is 25.1 Å². The predicted octanol–water partition coefficient (Wildman–Crippen LogP) is 4.09. The van der Waals surface area contributed by atoms with Gasteiger partial charge in [-0.2, -0.15) is 0 Å². The lowest BCUT2D eigenvalue weighted by Crippen LogP contribution is -2.33. The maximum atomic E-state index is 13.2. The van der Waals surface area contributed by atoms with Crippen molar-refractivity contribution >= 4 is 45.2 Å². The fraction of sp³-hybridized carbons (Fsp3) is 0.636. The molecule has 1 saturated carbocycles. The van der Waals surface area contributed by atoms with Crippen molar-refractivity contribution in [1.82, 2.24) is 14.5 Å². The van der Waals surface area contributed by atoms with E-state index in [4.69, 9.17) is 4.98 Å². The minimum atomic E-state index is -0.726. The van der Waals surface area contributed by atoms with Gasteiger partial charge in [0, 0.05) is 19.6 Å². The number of carboxylic acid groups (broad SMARTS) is 1. The number of thioether (sulfide) groups is 1. The molecule has 3 rings (SSSR count). The van der Waals surface area contributed by atoms with Crippen molar-refractivity contribution in [2.75, 3.05) is 18.8 Å². The summed E-state index contributed by atoms with van der Waals surface area (Å²) in [6.07, 6.45) is 4.88. The van der Waals surface area contributed by atoms with Crippen molar-refractivity contribution in [3.05, 3.63) is 21.8 Å². The Morgan fingerprint density at radius 3 is 2.68 bits per heavy atom. The van der Waals surface area contributed by atoms with Crippen molar-refractivity contribution in [2.45, 2.75) is 64.1 Å². The molecule has 31 heavy (non-hydrogen) atoms. The number of carbonyl (C=O) groups excluding carboxylic acids is 1. The molecule has 0 aromatic carbocycles. The maximum Gasteiger partial charge on any atom is 0.306 e. The third kappa shape index (κ3) is 5.88. The highest BCUT2D eigenvalue weighted by Gasteiger charge is 2.27. The molecule has 0 radical (unpaired) electrons. The molecule has 2 aromatic rings. The molecule has 1 aliphatic rings. The first-order valence-corrected chi connectivity index (χ1v) is 12.9. The van der Waals surface area contributed by atoms with Crippen LogP contribution >= 0.6 is 23.1 Å². The minimum Gasteiger partial charge on any atom is -0.481 e. The van der Waals surface area contributed by atoms with Gasteiger partial charge in [0.25, 0.3) is 5.56 Å². The van der Waals surface area contributed by atoms with E-state index in [1.165, 1.54) is 23.1 Å². The number of carbonyl (C=O) groups is 2. The number of fused-ring (bicyclic) bond motifs is 1. The van der Waals surface area contributed by atoms with E-state index in [-0.39, 0.29) is 29.1 Å². The van der Waals surface area contributed by atoms with Gasteiger partial charge in [-0.3, -0.25) is 19.0 Å². The van der Waals surface area contributed by atoms with Gasteiger partial charge in [0.2, 0.25) is 5.91 Å². The Hall–Kier alpha value is -1.87. The van der Waals surface area contributed by atoms with Gasteiger partial charge in [0.15, 0.2) is 5.16 Å². The molecule has 7 nitrogen and oxygen atoms in total. The number of aromatic nitrogens is 2. The summed E-state index contributed by atoms with van der Waals surface area (Å²) in [4.78, 5) is 43.6. The van der Waals surface area contributed by atoms with Gasteiger partial charge in [-0.05, 0) is 56.4 Å². The lowest BCUT2D eigenvalue weighted by atomic mass is 9.82. The molecule has 170 valence electrons. The minimum absolute atomic E-state index is 0.0614. The molecule has 0 atom stereocenters. The second kappa shape index (κ2) is 11.1. The van der Waals surface area contributed by atoms with Gasteiger partial charge in [0.1, 0.15) is 4.70 Å². The smallest absolute Gasteiger partial charge is 0.306 e. The van der Waals surface area contributed by atoms with Crippen LogP contribution in [0.5, 0.6) is 0 Å². The predicted molar refractivity (Wildman–Crippen MR) is 125 cm³/mol. The third-order valence-electron chi connectivity index (χ3n) is 6.01.